The number of anilines is 1. The second-order valence-electron chi connectivity index (χ2n) is 5.68. The Balaban J connectivity index is 0.000000202. The molecule has 5 N–H and O–H groups in total. The van der Waals surface area contributed by atoms with Crippen LogP contribution in [0.4, 0.5) is 5.69 Å². The number of aldehydes is 1. The highest BCUT2D eigenvalue weighted by Gasteiger charge is 2.06. The fourth-order valence-corrected chi connectivity index (χ4v) is 2.34. The number of nitrogens with zero attached hydrogens (tertiary/aromatic N) is 2. The van der Waals surface area contributed by atoms with Crippen LogP contribution in [-0.2, 0) is 0 Å². The molecule has 8 nitrogen and oxygen atoms in total. The molecule has 0 saturated carbocycles. The van der Waals surface area contributed by atoms with E-state index in [0.29, 0.717) is 23.4 Å². The van der Waals surface area contributed by atoms with E-state index in [2.05, 4.69) is 15.5 Å². The number of guanidine groups is 1. The summed E-state index contributed by atoms with van der Waals surface area (Å²) in [5.74, 6) is 0.922. The average molecular weight is 381 g/mol. The zero-order chi connectivity index (χ0) is 20.5. The van der Waals surface area contributed by atoms with Gasteiger partial charge in [0.15, 0.2) is 23.4 Å². The SMILES string of the molecule is CNc1ccc(/C(C)=N/N=C(N)N)cc1.COc1cccc2cc(C=O)oc12. The van der Waals surface area contributed by atoms with Crippen molar-refractivity contribution in [3.8, 4) is 5.75 Å². The van der Waals surface area contributed by atoms with Gasteiger partial charge in [-0.3, -0.25) is 4.79 Å². The first kappa shape index (κ1) is 20.5. The van der Waals surface area contributed by atoms with Crippen molar-refractivity contribution >= 4 is 34.6 Å². The van der Waals surface area contributed by atoms with Crippen molar-refractivity contribution in [2.45, 2.75) is 6.92 Å². The lowest BCUT2D eigenvalue weighted by atomic mass is 10.1. The smallest absolute Gasteiger partial charge is 0.211 e. The molecule has 0 unspecified atom stereocenters. The van der Waals surface area contributed by atoms with Gasteiger partial charge in [0.25, 0.3) is 0 Å². The third-order valence-electron chi connectivity index (χ3n) is 3.77. The van der Waals surface area contributed by atoms with E-state index in [-0.39, 0.29) is 5.96 Å². The summed E-state index contributed by atoms with van der Waals surface area (Å²) in [6, 6.07) is 15.0. The van der Waals surface area contributed by atoms with E-state index >= 15 is 0 Å². The lowest BCUT2D eigenvalue weighted by Gasteiger charge is -2.01. The van der Waals surface area contributed by atoms with Crippen LogP contribution in [0.1, 0.15) is 23.0 Å². The van der Waals surface area contributed by atoms with E-state index in [4.69, 9.17) is 20.6 Å². The molecule has 8 heteroatoms. The number of methoxy groups -OCH3 is 1. The minimum absolute atomic E-state index is 0.0406. The number of fused-ring (bicyclic) bond motifs is 1. The van der Waals surface area contributed by atoms with E-state index in [1.54, 1.807) is 19.2 Å². The van der Waals surface area contributed by atoms with Crippen molar-refractivity contribution in [2.75, 3.05) is 19.5 Å². The Hall–Kier alpha value is -3.81. The highest BCUT2D eigenvalue weighted by atomic mass is 16.5. The molecule has 0 spiro atoms. The number of rotatable bonds is 5. The summed E-state index contributed by atoms with van der Waals surface area (Å²) >= 11 is 0. The van der Waals surface area contributed by atoms with Crippen LogP contribution in [0.3, 0.4) is 0 Å². The number of furan rings is 1. The molecule has 0 aliphatic carbocycles. The summed E-state index contributed by atoms with van der Waals surface area (Å²) in [6.45, 7) is 1.85. The van der Waals surface area contributed by atoms with Gasteiger partial charge in [-0.05, 0) is 36.8 Å². The topological polar surface area (TPSA) is 128 Å². The second kappa shape index (κ2) is 9.77. The van der Waals surface area contributed by atoms with Gasteiger partial charge in [-0.15, -0.1) is 5.10 Å². The number of carbonyl (C=O) groups excluding carboxylic acids is 1. The number of ether oxygens (including phenoxy) is 1. The molecular weight excluding hydrogens is 358 g/mol. The second-order valence-corrected chi connectivity index (χ2v) is 5.68. The largest absolute Gasteiger partial charge is 0.493 e. The lowest BCUT2D eigenvalue weighted by Crippen LogP contribution is -2.22. The molecule has 0 aliphatic heterocycles. The van der Waals surface area contributed by atoms with Crippen molar-refractivity contribution in [1.82, 2.24) is 0 Å². The van der Waals surface area contributed by atoms with Crippen LogP contribution in [0.5, 0.6) is 5.75 Å². The molecule has 3 aromatic rings. The first-order valence-electron chi connectivity index (χ1n) is 8.41. The lowest BCUT2D eigenvalue weighted by molar-refractivity contribution is 0.110. The number of hydrogen-bond acceptors (Lipinski definition) is 6. The molecule has 0 amide bonds. The van der Waals surface area contributed by atoms with Crippen LogP contribution in [-0.4, -0.2) is 32.1 Å². The van der Waals surface area contributed by atoms with Gasteiger partial charge in [-0.1, -0.05) is 24.3 Å². The summed E-state index contributed by atoms with van der Waals surface area (Å²) in [5.41, 5.74) is 13.8. The third kappa shape index (κ3) is 5.34. The number of para-hydroxylation sites is 1. The number of nitrogens with one attached hydrogen (secondary N) is 1. The molecule has 1 heterocycles. The normalized spacial score (nSPS) is 10.6. The highest BCUT2D eigenvalue weighted by molar-refractivity contribution is 5.99. The molecule has 0 bridgehead atoms. The summed E-state index contributed by atoms with van der Waals surface area (Å²) < 4.78 is 10.3. The number of nitrogens with two attached hydrogens (primary N) is 2. The fourth-order valence-electron chi connectivity index (χ4n) is 2.34. The maximum Gasteiger partial charge on any atom is 0.211 e. The first-order valence-corrected chi connectivity index (χ1v) is 8.41. The van der Waals surface area contributed by atoms with Gasteiger partial charge >= 0.3 is 0 Å². The Bertz CT molecular complexity index is 987. The van der Waals surface area contributed by atoms with Gasteiger partial charge in [0.2, 0.25) is 5.96 Å². The van der Waals surface area contributed by atoms with Crippen LogP contribution < -0.4 is 21.5 Å². The van der Waals surface area contributed by atoms with E-state index in [1.807, 2.05) is 50.4 Å². The van der Waals surface area contributed by atoms with E-state index < -0.39 is 0 Å². The molecule has 2 aromatic carbocycles. The van der Waals surface area contributed by atoms with Crippen molar-refractivity contribution in [1.29, 1.82) is 0 Å². The van der Waals surface area contributed by atoms with Gasteiger partial charge in [0, 0.05) is 18.1 Å². The maximum atomic E-state index is 10.4. The quantitative estimate of drug-likeness (QED) is 0.270. The summed E-state index contributed by atoms with van der Waals surface area (Å²) in [7, 11) is 3.44. The molecule has 0 radical (unpaired) electrons. The minimum Gasteiger partial charge on any atom is -0.493 e. The predicted octanol–water partition coefficient (Wildman–Crippen LogP) is 2.98. The van der Waals surface area contributed by atoms with E-state index in [0.717, 1.165) is 22.3 Å². The molecule has 0 aliphatic rings. The van der Waals surface area contributed by atoms with Crippen LogP contribution in [0.25, 0.3) is 11.0 Å². The van der Waals surface area contributed by atoms with Crippen LogP contribution in [0, 0.1) is 0 Å². The number of hydrogen-bond donors (Lipinski definition) is 3. The summed E-state index contributed by atoms with van der Waals surface area (Å²) in [6.07, 6.45) is 0.680. The zero-order valence-electron chi connectivity index (χ0n) is 16.0. The van der Waals surface area contributed by atoms with Crippen molar-refractivity contribution in [2.24, 2.45) is 21.7 Å². The molecule has 0 atom stereocenters. The van der Waals surface area contributed by atoms with E-state index in [9.17, 15) is 4.79 Å². The van der Waals surface area contributed by atoms with Crippen LogP contribution in [0.15, 0.2) is 63.2 Å². The number of benzene rings is 2. The molecule has 1 aromatic heterocycles. The molecule has 3 rings (SSSR count). The van der Waals surface area contributed by atoms with Gasteiger partial charge in [-0.25, -0.2) is 0 Å². The Morgan fingerprint density at radius 1 is 1.14 bits per heavy atom. The molecule has 28 heavy (non-hydrogen) atoms. The average Bonchev–Trinajstić information content (AvgIpc) is 3.16. The predicted molar refractivity (Wildman–Crippen MR) is 112 cm³/mol. The summed E-state index contributed by atoms with van der Waals surface area (Å²) in [4.78, 5) is 10.4. The maximum absolute atomic E-state index is 10.4. The Kier molecular flexibility index (Phi) is 7.15. The Morgan fingerprint density at radius 3 is 2.43 bits per heavy atom. The van der Waals surface area contributed by atoms with Crippen molar-refractivity contribution in [3.63, 3.8) is 0 Å². The molecule has 146 valence electrons. The zero-order valence-corrected chi connectivity index (χ0v) is 16.0. The van der Waals surface area contributed by atoms with Crippen molar-refractivity contribution in [3.05, 3.63) is 59.9 Å². The van der Waals surface area contributed by atoms with Crippen molar-refractivity contribution < 1.29 is 13.9 Å². The third-order valence-corrected chi connectivity index (χ3v) is 3.77. The van der Waals surface area contributed by atoms with Gasteiger partial charge < -0.3 is 25.9 Å². The van der Waals surface area contributed by atoms with Gasteiger partial charge in [0.05, 0.1) is 12.8 Å². The van der Waals surface area contributed by atoms with Crippen LogP contribution in [0.2, 0.25) is 0 Å². The van der Waals surface area contributed by atoms with Gasteiger partial charge in [0.1, 0.15) is 0 Å². The fraction of sp³-hybridized carbons (Fsp3) is 0.150. The monoisotopic (exact) mass is 381 g/mol. The molecule has 0 fully saturated rings. The first-order chi connectivity index (χ1) is 13.5. The number of carbonyl (C=O) groups is 1. The Morgan fingerprint density at radius 2 is 1.86 bits per heavy atom. The molecular formula is C20H23N5O3. The van der Waals surface area contributed by atoms with E-state index in [1.165, 1.54) is 0 Å². The summed E-state index contributed by atoms with van der Waals surface area (Å²) in [5, 5.41) is 11.4. The van der Waals surface area contributed by atoms with Gasteiger partial charge in [-0.2, -0.15) is 5.10 Å². The molecule has 0 saturated heterocycles. The van der Waals surface area contributed by atoms with Crippen LogP contribution >= 0.6 is 0 Å². The standard InChI is InChI=1S/C10H15N5.C10H8O3/c1-7(14-15-10(11)12)8-3-5-9(13-2)6-4-8;1-12-9-4-2-3-7-5-8(6-11)13-10(7)9/h3-6,13H,1-2H3,(H4,11,12,15);2-6H,1H3/b14-7+;. The Labute approximate surface area is 162 Å². The highest BCUT2D eigenvalue weighted by Crippen LogP contribution is 2.27. The minimum atomic E-state index is -0.0406.